The lowest BCUT2D eigenvalue weighted by Gasteiger charge is -2.23. The number of carbonyl (C=O) groups is 1. The summed E-state index contributed by atoms with van der Waals surface area (Å²) in [5, 5.41) is 7.83. The van der Waals surface area contributed by atoms with E-state index in [0.29, 0.717) is 31.2 Å². The number of thiazole rings is 1. The van der Waals surface area contributed by atoms with E-state index >= 15 is 0 Å². The minimum absolute atomic E-state index is 0. The number of morpholine rings is 1. The minimum atomic E-state index is 0. The van der Waals surface area contributed by atoms with E-state index in [1.807, 2.05) is 31.2 Å². The van der Waals surface area contributed by atoms with E-state index in [0.717, 1.165) is 27.7 Å². The fourth-order valence-electron chi connectivity index (χ4n) is 2.62. The molecule has 1 unspecified atom stereocenters. The van der Waals surface area contributed by atoms with Crippen molar-refractivity contribution in [2.75, 3.05) is 19.8 Å². The SMILES string of the molecule is Cc1sc(CNC(=O)CC2COCCN2)nc1-c1ccc(Cl)cc1.Cl. The van der Waals surface area contributed by atoms with Crippen LogP contribution in [0.5, 0.6) is 0 Å². The summed E-state index contributed by atoms with van der Waals surface area (Å²) in [7, 11) is 0. The van der Waals surface area contributed by atoms with Gasteiger partial charge in [0, 0.05) is 34.5 Å². The van der Waals surface area contributed by atoms with Crippen LogP contribution in [0.4, 0.5) is 0 Å². The van der Waals surface area contributed by atoms with Crippen LogP contribution in [-0.2, 0) is 16.1 Å². The predicted molar refractivity (Wildman–Crippen MR) is 104 cm³/mol. The van der Waals surface area contributed by atoms with E-state index in [1.165, 1.54) is 0 Å². The molecule has 1 aliphatic rings. The normalized spacial score (nSPS) is 17.0. The van der Waals surface area contributed by atoms with E-state index in [4.69, 9.17) is 16.3 Å². The molecule has 0 spiro atoms. The first-order chi connectivity index (χ1) is 11.6. The van der Waals surface area contributed by atoms with Crippen molar-refractivity contribution in [2.45, 2.75) is 25.9 Å². The van der Waals surface area contributed by atoms with Crippen LogP contribution in [-0.4, -0.2) is 36.7 Å². The third-order valence-electron chi connectivity index (χ3n) is 3.83. The maximum atomic E-state index is 12.0. The molecule has 1 aliphatic heterocycles. The van der Waals surface area contributed by atoms with Gasteiger partial charge in [-0.25, -0.2) is 4.98 Å². The van der Waals surface area contributed by atoms with Crippen molar-refractivity contribution in [3.05, 3.63) is 39.2 Å². The van der Waals surface area contributed by atoms with E-state index in [9.17, 15) is 4.79 Å². The van der Waals surface area contributed by atoms with Gasteiger partial charge in [-0.1, -0.05) is 23.7 Å². The molecule has 1 fully saturated rings. The molecule has 1 saturated heterocycles. The highest BCUT2D eigenvalue weighted by molar-refractivity contribution is 7.12. The summed E-state index contributed by atoms with van der Waals surface area (Å²) in [6.45, 7) is 4.59. The Labute approximate surface area is 162 Å². The first kappa shape index (κ1) is 20.1. The summed E-state index contributed by atoms with van der Waals surface area (Å²) in [5.74, 6) is 0.0129. The Morgan fingerprint density at radius 2 is 2.20 bits per heavy atom. The summed E-state index contributed by atoms with van der Waals surface area (Å²) < 4.78 is 5.36. The van der Waals surface area contributed by atoms with Gasteiger partial charge in [0.1, 0.15) is 5.01 Å². The molecule has 0 saturated carbocycles. The Morgan fingerprint density at radius 1 is 1.44 bits per heavy atom. The molecule has 1 atom stereocenters. The summed E-state index contributed by atoms with van der Waals surface area (Å²) in [5.41, 5.74) is 1.98. The number of benzene rings is 1. The lowest BCUT2D eigenvalue weighted by atomic mass is 10.1. The molecule has 2 N–H and O–H groups in total. The fraction of sp³-hybridized carbons (Fsp3) is 0.412. The van der Waals surface area contributed by atoms with Crippen molar-refractivity contribution in [2.24, 2.45) is 0 Å². The van der Waals surface area contributed by atoms with Crippen LogP contribution < -0.4 is 10.6 Å². The van der Waals surface area contributed by atoms with Crippen molar-refractivity contribution in [3.8, 4) is 11.3 Å². The molecule has 1 amide bonds. The number of amides is 1. The first-order valence-corrected chi connectivity index (χ1v) is 9.11. The van der Waals surface area contributed by atoms with Crippen molar-refractivity contribution < 1.29 is 9.53 Å². The van der Waals surface area contributed by atoms with Crippen LogP contribution >= 0.6 is 35.3 Å². The average molecular weight is 402 g/mol. The number of halogens is 2. The number of hydrogen-bond donors (Lipinski definition) is 2. The second-order valence-electron chi connectivity index (χ2n) is 5.73. The molecule has 1 aromatic carbocycles. The number of aryl methyl sites for hydroxylation is 1. The van der Waals surface area contributed by atoms with E-state index < -0.39 is 0 Å². The topological polar surface area (TPSA) is 63.2 Å². The monoisotopic (exact) mass is 401 g/mol. The Kier molecular flexibility index (Phi) is 7.65. The minimum Gasteiger partial charge on any atom is -0.378 e. The number of carbonyl (C=O) groups excluding carboxylic acids is 1. The summed E-state index contributed by atoms with van der Waals surface area (Å²) in [6, 6.07) is 7.73. The smallest absolute Gasteiger partial charge is 0.222 e. The molecule has 136 valence electrons. The first-order valence-electron chi connectivity index (χ1n) is 7.92. The highest BCUT2D eigenvalue weighted by Gasteiger charge is 2.17. The molecular formula is C17H21Cl2N3O2S. The number of hydrogen-bond acceptors (Lipinski definition) is 5. The second-order valence-corrected chi connectivity index (χ2v) is 7.45. The van der Waals surface area contributed by atoms with Gasteiger partial charge in [0.15, 0.2) is 0 Å². The molecule has 3 rings (SSSR count). The van der Waals surface area contributed by atoms with Gasteiger partial charge in [0.25, 0.3) is 0 Å². The maximum absolute atomic E-state index is 12.0. The molecule has 1 aromatic heterocycles. The number of nitrogens with one attached hydrogen (secondary N) is 2. The molecule has 25 heavy (non-hydrogen) atoms. The third kappa shape index (κ3) is 5.66. The molecule has 0 bridgehead atoms. The van der Waals surface area contributed by atoms with Gasteiger partial charge < -0.3 is 15.4 Å². The highest BCUT2D eigenvalue weighted by atomic mass is 35.5. The lowest BCUT2D eigenvalue weighted by Crippen LogP contribution is -2.44. The van der Waals surface area contributed by atoms with Crippen molar-refractivity contribution in [1.29, 1.82) is 0 Å². The van der Waals surface area contributed by atoms with Crippen LogP contribution in [0.25, 0.3) is 11.3 Å². The van der Waals surface area contributed by atoms with E-state index in [2.05, 4.69) is 15.6 Å². The zero-order chi connectivity index (χ0) is 16.9. The van der Waals surface area contributed by atoms with E-state index in [1.54, 1.807) is 11.3 Å². The molecule has 2 aromatic rings. The van der Waals surface area contributed by atoms with Crippen molar-refractivity contribution >= 4 is 41.3 Å². The van der Waals surface area contributed by atoms with E-state index in [-0.39, 0.29) is 24.4 Å². The van der Waals surface area contributed by atoms with Gasteiger partial charge in [0.05, 0.1) is 25.5 Å². The Bertz CT molecular complexity index is 700. The van der Waals surface area contributed by atoms with Gasteiger partial charge >= 0.3 is 0 Å². The number of nitrogens with zero attached hydrogens (tertiary/aromatic N) is 1. The standard InChI is InChI=1S/C17H20ClN3O2S.ClH/c1-11-17(12-2-4-13(18)5-3-12)21-16(24-11)9-20-15(22)8-14-10-23-7-6-19-14;/h2-5,14,19H,6-10H2,1H3,(H,20,22);1H. The van der Waals surface area contributed by atoms with Crippen molar-refractivity contribution in [1.82, 2.24) is 15.6 Å². The van der Waals surface area contributed by atoms with Crippen LogP contribution in [0, 0.1) is 6.92 Å². The van der Waals surface area contributed by atoms with Gasteiger partial charge in [-0.15, -0.1) is 23.7 Å². The highest BCUT2D eigenvalue weighted by Crippen LogP contribution is 2.28. The van der Waals surface area contributed by atoms with Crippen LogP contribution in [0.3, 0.4) is 0 Å². The van der Waals surface area contributed by atoms with Gasteiger partial charge in [-0.2, -0.15) is 0 Å². The fourth-order valence-corrected chi connectivity index (χ4v) is 3.64. The maximum Gasteiger partial charge on any atom is 0.222 e. The molecule has 0 aliphatic carbocycles. The number of ether oxygens (including phenoxy) is 1. The summed E-state index contributed by atoms with van der Waals surface area (Å²) in [4.78, 5) is 17.8. The summed E-state index contributed by atoms with van der Waals surface area (Å²) in [6.07, 6.45) is 0.425. The number of rotatable bonds is 5. The zero-order valence-electron chi connectivity index (χ0n) is 13.9. The van der Waals surface area contributed by atoms with Gasteiger partial charge in [-0.05, 0) is 19.1 Å². The molecule has 0 radical (unpaired) electrons. The molecule has 8 heteroatoms. The number of aromatic nitrogens is 1. The average Bonchev–Trinajstić information content (AvgIpc) is 2.95. The Morgan fingerprint density at radius 3 is 2.88 bits per heavy atom. The summed E-state index contributed by atoms with van der Waals surface area (Å²) >= 11 is 7.53. The predicted octanol–water partition coefficient (Wildman–Crippen LogP) is 3.19. The Hall–Kier alpha value is -1.18. The van der Waals surface area contributed by atoms with Gasteiger partial charge in [0.2, 0.25) is 5.91 Å². The van der Waals surface area contributed by atoms with Gasteiger partial charge in [-0.3, -0.25) is 4.79 Å². The molecule has 2 heterocycles. The lowest BCUT2D eigenvalue weighted by molar-refractivity contribution is -0.122. The Balaban J connectivity index is 0.00000225. The van der Waals surface area contributed by atoms with Crippen molar-refractivity contribution in [3.63, 3.8) is 0 Å². The van der Waals surface area contributed by atoms with Crippen LogP contribution in [0.1, 0.15) is 16.3 Å². The third-order valence-corrected chi connectivity index (χ3v) is 5.05. The quantitative estimate of drug-likeness (QED) is 0.807. The molecule has 5 nitrogen and oxygen atoms in total. The largest absolute Gasteiger partial charge is 0.378 e. The zero-order valence-corrected chi connectivity index (χ0v) is 16.3. The van der Waals surface area contributed by atoms with Crippen LogP contribution in [0.15, 0.2) is 24.3 Å². The second kappa shape index (κ2) is 9.50. The van der Waals surface area contributed by atoms with Crippen LogP contribution in [0.2, 0.25) is 5.02 Å². The molecular weight excluding hydrogens is 381 g/mol.